The molecule has 1 amide bonds. The molecule has 1 aromatic carbocycles. The number of carbonyl (C=O) groups excluding carboxylic acids is 1. The SMILES string of the molecule is CCCOc1ccc(NC(=O)CCc2c(C)nc3cc(C)nn3c2C)c(C)c1. The van der Waals surface area contributed by atoms with Crippen molar-refractivity contribution in [3.63, 3.8) is 0 Å². The summed E-state index contributed by atoms with van der Waals surface area (Å²) in [7, 11) is 0. The van der Waals surface area contributed by atoms with Gasteiger partial charge in [0, 0.05) is 29.6 Å². The number of nitrogens with one attached hydrogen (secondary N) is 1. The predicted octanol–water partition coefficient (Wildman–Crippen LogP) is 4.32. The normalized spacial score (nSPS) is 11.0. The van der Waals surface area contributed by atoms with Gasteiger partial charge >= 0.3 is 0 Å². The van der Waals surface area contributed by atoms with Crippen LogP contribution >= 0.6 is 0 Å². The summed E-state index contributed by atoms with van der Waals surface area (Å²) in [6.07, 6.45) is 1.99. The van der Waals surface area contributed by atoms with Crippen LogP contribution in [0.2, 0.25) is 0 Å². The van der Waals surface area contributed by atoms with E-state index in [4.69, 9.17) is 4.74 Å². The van der Waals surface area contributed by atoms with Crippen molar-refractivity contribution in [2.45, 2.75) is 53.9 Å². The molecule has 6 heteroatoms. The molecule has 148 valence electrons. The number of amides is 1. The maximum atomic E-state index is 12.5. The molecule has 2 aromatic heterocycles. The van der Waals surface area contributed by atoms with Gasteiger partial charge in [0.05, 0.1) is 12.3 Å². The minimum atomic E-state index is -0.0131. The van der Waals surface area contributed by atoms with Crippen molar-refractivity contribution in [2.75, 3.05) is 11.9 Å². The molecule has 0 spiro atoms. The van der Waals surface area contributed by atoms with Crippen LogP contribution in [0, 0.1) is 27.7 Å². The van der Waals surface area contributed by atoms with Gasteiger partial charge < -0.3 is 10.1 Å². The summed E-state index contributed by atoms with van der Waals surface area (Å²) in [5, 5.41) is 7.50. The molecule has 28 heavy (non-hydrogen) atoms. The topological polar surface area (TPSA) is 68.5 Å². The van der Waals surface area contributed by atoms with Crippen molar-refractivity contribution in [2.24, 2.45) is 0 Å². The molecule has 6 nitrogen and oxygen atoms in total. The Balaban J connectivity index is 1.67. The molecule has 0 fully saturated rings. The van der Waals surface area contributed by atoms with Crippen LogP contribution < -0.4 is 10.1 Å². The highest BCUT2D eigenvalue weighted by molar-refractivity contribution is 5.91. The number of benzene rings is 1. The zero-order chi connectivity index (χ0) is 20.3. The molecule has 3 rings (SSSR count). The second-order valence-electron chi connectivity index (χ2n) is 7.19. The second-order valence-corrected chi connectivity index (χ2v) is 7.19. The summed E-state index contributed by atoms with van der Waals surface area (Å²) in [4.78, 5) is 17.1. The zero-order valence-corrected chi connectivity index (χ0v) is 17.3. The molecular formula is C22H28N4O2. The van der Waals surface area contributed by atoms with E-state index in [1.54, 1.807) is 0 Å². The number of aryl methyl sites for hydroxylation is 4. The summed E-state index contributed by atoms with van der Waals surface area (Å²) in [5.41, 5.74) is 6.66. The highest BCUT2D eigenvalue weighted by atomic mass is 16.5. The van der Waals surface area contributed by atoms with Gasteiger partial charge in [-0.2, -0.15) is 5.10 Å². The van der Waals surface area contributed by atoms with E-state index in [9.17, 15) is 4.79 Å². The van der Waals surface area contributed by atoms with Gasteiger partial charge in [-0.05, 0) is 69.9 Å². The van der Waals surface area contributed by atoms with Crippen molar-refractivity contribution < 1.29 is 9.53 Å². The van der Waals surface area contributed by atoms with E-state index in [2.05, 4.69) is 22.3 Å². The molecule has 3 aromatic rings. The van der Waals surface area contributed by atoms with Gasteiger partial charge in [0.1, 0.15) is 5.75 Å². The Hall–Kier alpha value is -2.89. The fourth-order valence-electron chi connectivity index (χ4n) is 3.34. The molecular weight excluding hydrogens is 352 g/mol. The molecule has 0 aliphatic heterocycles. The molecule has 0 atom stereocenters. The van der Waals surface area contributed by atoms with Crippen LogP contribution in [-0.4, -0.2) is 27.1 Å². The summed E-state index contributed by atoms with van der Waals surface area (Å²) in [6.45, 7) is 10.7. The summed E-state index contributed by atoms with van der Waals surface area (Å²) in [5.74, 6) is 0.818. The van der Waals surface area contributed by atoms with Crippen molar-refractivity contribution in [3.05, 3.63) is 52.5 Å². The monoisotopic (exact) mass is 380 g/mol. The number of carbonyl (C=O) groups is 1. The molecule has 0 radical (unpaired) electrons. The summed E-state index contributed by atoms with van der Waals surface area (Å²) in [6, 6.07) is 7.71. The van der Waals surface area contributed by atoms with Gasteiger partial charge in [0.2, 0.25) is 5.91 Å². The Morgan fingerprint density at radius 2 is 1.96 bits per heavy atom. The molecule has 2 heterocycles. The fourth-order valence-corrected chi connectivity index (χ4v) is 3.34. The van der Waals surface area contributed by atoms with Crippen molar-refractivity contribution in [3.8, 4) is 5.75 Å². The molecule has 0 saturated carbocycles. The summed E-state index contributed by atoms with van der Waals surface area (Å²) < 4.78 is 7.49. The van der Waals surface area contributed by atoms with Crippen molar-refractivity contribution in [1.29, 1.82) is 0 Å². The lowest BCUT2D eigenvalue weighted by Gasteiger charge is -2.13. The van der Waals surface area contributed by atoms with Crippen LogP contribution in [0.4, 0.5) is 5.69 Å². The molecule has 0 bridgehead atoms. The highest BCUT2D eigenvalue weighted by Crippen LogP contribution is 2.22. The molecule has 1 N–H and O–H groups in total. The van der Waals surface area contributed by atoms with Crippen LogP contribution in [0.3, 0.4) is 0 Å². The van der Waals surface area contributed by atoms with Gasteiger partial charge in [-0.15, -0.1) is 0 Å². The van der Waals surface area contributed by atoms with Crippen LogP contribution in [0.15, 0.2) is 24.3 Å². The molecule has 0 unspecified atom stereocenters. The number of rotatable bonds is 7. The fraction of sp³-hybridized carbons (Fsp3) is 0.409. The number of hydrogen-bond donors (Lipinski definition) is 1. The van der Waals surface area contributed by atoms with Gasteiger partial charge in [0.15, 0.2) is 5.65 Å². The van der Waals surface area contributed by atoms with Crippen LogP contribution in [0.25, 0.3) is 5.65 Å². The Morgan fingerprint density at radius 1 is 1.18 bits per heavy atom. The molecule has 0 saturated heterocycles. The minimum Gasteiger partial charge on any atom is -0.494 e. The van der Waals surface area contributed by atoms with Gasteiger partial charge in [-0.25, -0.2) is 9.50 Å². The largest absolute Gasteiger partial charge is 0.494 e. The number of fused-ring (bicyclic) bond motifs is 1. The van der Waals surface area contributed by atoms with Crippen LogP contribution in [0.1, 0.15) is 48.0 Å². The number of aromatic nitrogens is 3. The van der Waals surface area contributed by atoms with Crippen LogP contribution in [0.5, 0.6) is 5.75 Å². The minimum absolute atomic E-state index is 0.0131. The Kier molecular flexibility index (Phi) is 5.97. The van der Waals surface area contributed by atoms with E-state index in [-0.39, 0.29) is 5.91 Å². The first-order valence-electron chi connectivity index (χ1n) is 9.74. The standard InChI is InChI=1S/C22H28N4O2/c1-6-11-28-18-7-9-20(14(2)12-18)24-22(27)10-8-19-16(4)23-21-13-15(3)25-26(21)17(19)5/h7,9,12-13H,6,8,10-11H2,1-5H3,(H,24,27). The molecule has 0 aliphatic carbocycles. The average Bonchev–Trinajstić information content (AvgIpc) is 3.02. The smallest absolute Gasteiger partial charge is 0.224 e. The van der Waals surface area contributed by atoms with E-state index in [0.29, 0.717) is 19.4 Å². The third-order valence-electron chi connectivity index (χ3n) is 4.83. The predicted molar refractivity (Wildman–Crippen MR) is 111 cm³/mol. The van der Waals surface area contributed by atoms with Crippen molar-refractivity contribution in [1.82, 2.24) is 14.6 Å². The van der Waals surface area contributed by atoms with E-state index < -0.39 is 0 Å². The Morgan fingerprint density at radius 3 is 2.68 bits per heavy atom. The lowest BCUT2D eigenvalue weighted by Crippen LogP contribution is -2.15. The second kappa shape index (κ2) is 8.42. The first-order valence-corrected chi connectivity index (χ1v) is 9.74. The third-order valence-corrected chi connectivity index (χ3v) is 4.83. The number of nitrogens with zero attached hydrogens (tertiary/aromatic N) is 3. The highest BCUT2D eigenvalue weighted by Gasteiger charge is 2.13. The number of ether oxygens (including phenoxy) is 1. The molecule has 0 aliphatic rings. The maximum Gasteiger partial charge on any atom is 0.224 e. The number of hydrogen-bond acceptors (Lipinski definition) is 4. The zero-order valence-electron chi connectivity index (χ0n) is 17.3. The van der Waals surface area contributed by atoms with Gasteiger partial charge in [-0.3, -0.25) is 4.79 Å². The quantitative estimate of drug-likeness (QED) is 0.663. The Labute approximate surface area is 165 Å². The van der Waals surface area contributed by atoms with Gasteiger partial charge in [0.25, 0.3) is 0 Å². The average molecular weight is 380 g/mol. The first-order chi connectivity index (χ1) is 13.4. The first kappa shape index (κ1) is 19.9. The Bertz CT molecular complexity index is 1010. The number of anilines is 1. The van der Waals surface area contributed by atoms with E-state index in [1.807, 2.05) is 56.5 Å². The van der Waals surface area contributed by atoms with E-state index in [0.717, 1.165) is 51.7 Å². The van der Waals surface area contributed by atoms with Crippen LogP contribution in [-0.2, 0) is 11.2 Å². The van der Waals surface area contributed by atoms with E-state index in [1.165, 1.54) is 0 Å². The van der Waals surface area contributed by atoms with E-state index >= 15 is 0 Å². The summed E-state index contributed by atoms with van der Waals surface area (Å²) >= 11 is 0. The maximum absolute atomic E-state index is 12.5. The third kappa shape index (κ3) is 4.32. The van der Waals surface area contributed by atoms with Gasteiger partial charge in [-0.1, -0.05) is 6.92 Å². The lowest BCUT2D eigenvalue weighted by molar-refractivity contribution is -0.116. The lowest BCUT2D eigenvalue weighted by atomic mass is 10.1. The van der Waals surface area contributed by atoms with Crippen molar-refractivity contribution >= 4 is 17.2 Å².